The van der Waals surface area contributed by atoms with E-state index in [0.717, 1.165) is 72.1 Å². The van der Waals surface area contributed by atoms with E-state index in [-0.39, 0.29) is 7.43 Å². The Balaban J connectivity index is 0.000000151. The van der Waals surface area contributed by atoms with E-state index in [1.54, 1.807) is 0 Å². The van der Waals surface area contributed by atoms with E-state index < -0.39 is 10.8 Å². The number of fused-ring (bicyclic) bond motifs is 13. The lowest BCUT2D eigenvalue weighted by molar-refractivity contribution is 0.648. The maximum atomic E-state index is 6.97. The minimum Gasteiger partial charge on any atom is -0.456 e. The summed E-state index contributed by atoms with van der Waals surface area (Å²) in [5.41, 5.74) is 20.8. The SMILES string of the molecule is C.Clc1ccc2oc3c(C4(c5ccccc5)c5ccccc5-c5ccccc54)cccc3c2c1.c1ccc(N(c2ccc3oc4c(C5(c6ccccc6)c6ccccc6-c6ccccc65)cccc4c3c2)c2cccc3ccccc23)cc1. The van der Waals surface area contributed by atoms with E-state index in [2.05, 4.69) is 290 Å². The average Bonchev–Trinajstić information content (AvgIpc) is 3.16. The summed E-state index contributed by atoms with van der Waals surface area (Å²) in [6.07, 6.45) is 0. The monoisotopic (exact) mass is 1080 g/mol. The third kappa shape index (κ3) is 7.44. The molecule has 0 amide bonds. The second kappa shape index (κ2) is 19.8. The van der Waals surface area contributed by atoms with Crippen LogP contribution in [0, 0.1) is 0 Å². The molecule has 0 spiro atoms. The molecule has 0 unspecified atom stereocenters. The summed E-state index contributed by atoms with van der Waals surface area (Å²) in [5, 5.41) is 7.46. The van der Waals surface area contributed by atoms with Gasteiger partial charge in [-0.2, -0.15) is 0 Å². The fraction of sp³-hybridized carbons (Fsp3) is 0.0380. The minimum atomic E-state index is -0.538. The Bertz CT molecular complexity index is 4870. The van der Waals surface area contributed by atoms with Crippen molar-refractivity contribution in [2.24, 2.45) is 0 Å². The van der Waals surface area contributed by atoms with Gasteiger partial charge >= 0.3 is 0 Å². The lowest BCUT2D eigenvalue weighted by Gasteiger charge is -2.33. The lowest BCUT2D eigenvalue weighted by Crippen LogP contribution is -2.28. The van der Waals surface area contributed by atoms with E-state index in [9.17, 15) is 0 Å². The van der Waals surface area contributed by atoms with E-state index >= 15 is 0 Å². The number of furan rings is 2. The largest absolute Gasteiger partial charge is 0.456 e. The van der Waals surface area contributed by atoms with E-state index in [1.807, 2.05) is 18.2 Å². The number of halogens is 1. The fourth-order valence-corrected chi connectivity index (χ4v) is 14.2. The molecule has 0 aliphatic heterocycles. The van der Waals surface area contributed by atoms with Crippen molar-refractivity contribution < 1.29 is 8.83 Å². The van der Waals surface area contributed by atoms with Crippen molar-refractivity contribution in [2.45, 2.75) is 18.3 Å². The molecule has 15 aromatic rings. The first-order valence-corrected chi connectivity index (χ1v) is 28.4. The Kier molecular flexibility index (Phi) is 11.9. The van der Waals surface area contributed by atoms with Gasteiger partial charge in [-0.15, -0.1) is 0 Å². The van der Waals surface area contributed by atoms with Crippen LogP contribution in [0.25, 0.3) is 76.9 Å². The van der Waals surface area contributed by atoms with Crippen molar-refractivity contribution in [2.75, 3.05) is 4.90 Å². The second-order valence-electron chi connectivity index (χ2n) is 21.5. The van der Waals surface area contributed by atoms with Gasteiger partial charge in [0.05, 0.1) is 16.5 Å². The Hall–Kier alpha value is -10.2. The standard InChI is InChI=1S/C47H31NO.C31H19ClO.CH4/c1-3-17-33(18-4-1)47(41-25-11-9-22-37(41)38-23-10-12-26-42(38)47)43-27-14-24-39-40-31-35(29-30-45(40)49-46(39)43)48(34-19-5-2-6-20-34)44-28-13-16-32-15-7-8-21-36(32)44;32-21-17-18-29-25(19-21)24-13-8-16-28(30(24)33-29)31(20-9-2-1-3-10-20)26-14-6-4-11-22(26)23-12-5-7-15-27(23)31;/h1-31H;1-19H;1H4. The summed E-state index contributed by atoms with van der Waals surface area (Å²) >= 11 is 6.36. The van der Waals surface area contributed by atoms with Gasteiger partial charge in [-0.05, 0) is 116 Å². The van der Waals surface area contributed by atoms with Crippen LogP contribution >= 0.6 is 11.6 Å². The normalized spacial score (nSPS) is 13.2. The predicted molar refractivity (Wildman–Crippen MR) is 346 cm³/mol. The maximum Gasteiger partial charge on any atom is 0.140 e. The molecule has 83 heavy (non-hydrogen) atoms. The quantitative estimate of drug-likeness (QED) is 0.159. The molecule has 0 bridgehead atoms. The lowest BCUT2D eigenvalue weighted by atomic mass is 9.67. The molecule has 0 saturated carbocycles. The molecule has 0 radical (unpaired) electrons. The van der Waals surface area contributed by atoms with Crippen LogP contribution in [0.3, 0.4) is 0 Å². The minimum absolute atomic E-state index is 0. The molecule has 2 heterocycles. The van der Waals surface area contributed by atoms with Crippen LogP contribution in [0.2, 0.25) is 5.02 Å². The average molecular weight is 1080 g/mol. The van der Waals surface area contributed by atoms with Crippen molar-refractivity contribution in [3.05, 3.63) is 353 Å². The highest BCUT2D eigenvalue weighted by atomic mass is 35.5. The molecule has 2 aliphatic rings. The number of nitrogens with zero attached hydrogens (tertiary/aromatic N) is 1. The van der Waals surface area contributed by atoms with Gasteiger partial charge in [0.15, 0.2) is 0 Å². The van der Waals surface area contributed by atoms with Gasteiger partial charge in [0.2, 0.25) is 0 Å². The van der Waals surface area contributed by atoms with Crippen LogP contribution in [0.1, 0.15) is 51.9 Å². The zero-order chi connectivity index (χ0) is 54.4. The Morgan fingerprint density at radius 2 is 0.675 bits per heavy atom. The Labute approximate surface area is 487 Å². The fourth-order valence-electron chi connectivity index (χ4n) is 14.1. The van der Waals surface area contributed by atoms with Crippen LogP contribution in [0.4, 0.5) is 17.1 Å². The smallest absolute Gasteiger partial charge is 0.140 e. The van der Waals surface area contributed by atoms with Crippen LogP contribution in [0.15, 0.2) is 312 Å². The summed E-state index contributed by atoms with van der Waals surface area (Å²) in [4.78, 5) is 2.36. The third-order valence-corrected chi connectivity index (χ3v) is 17.6. The van der Waals surface area contributed by atoms with Gasteiger partial charge in [0.25, 0.3) is 0 Å². The van der Waals surface area contributed by atoms with Crippen molar-refractivity contribution in [3.63, 3.8) is 0 Å². The van der Waals surface area contributed by atoms with E-state index in [0.29, 0.717) is 5.02 Å². The third-order valence-electron chi connectivity index (χ3n) is 17.3. The highest BCUT2D eigenvalue weighted by Crippen LogP contribution is 2.59. The summed E-state index contributed by atoms with van der Waals surface area (Å²) < 4.78 is 13.5. The van der Waals surface area contributed by atoms with Gasteiger partial charge < -0.3 is 13.7 Å². The molecule has 13 aromatic carbocycles. The molecule has 2 aromatic heterocycles. The van der Waals surface area contributed by atoms with Crippen molar-refractivity contribution in [1.29, 1.82) is 0 Å². The first-order valence-electron chi connectivity index (χ1n) is 28.0. The second-order valence-corrected chi connectivity index (χ2v) is 21.9. The number of hydrogen-bond acceptors (Lipinski definition) is 3. The Morgan fingerprint density at radius 3 is 1.19 bits per heavy atom. The summed E-state index contributed by atoms with van der Waals surface area (Å²) in [5.74, 6) is 0. The van der Waals surface area contributed by atoms with Gasteiger partial charge in [-0.3, -0.25) is 0 Å². The molecule has 3 nitrogen and oxygen atoms in total. The number of benzene rings is 13. The first kappa shape index (κ1) is 49.8. The number of rotatable bonds is 7. The zero-order valence-electron chi connectivity index (χ0n) is 44.5. The first-order chi connectivity index (χ1) is 40.6. The van der Waals surface area contributed by atoms with Crippen LogP contribution in [-0.2, 0) is 10.8 Å². The predicted octanol–water partition coefficient (Wildman–Crippen LogP) is 21.8. The van der Waals surface area contributed by atoms with Crippen LogP contribution < -0.4 is 4.90 Å². The van der Waals surface area contributed by atoms with Crippen LogP contribution in [-0.4, -0.2) is 0 Å². The van der Waals surface area contributed by atoms with Crippen LogP contribution in [0.5, 0.6) is 0 Å². The number of para-hydroxylation sites is 3. The maximum absolute atomic E-state index is 6.97. The molecular formula is C79H54ClNO2. The molecule has 394 valence electrons. The molecule has 2 aliphatic carbocycles. The van der Waals surface area contributed by atoms with Crippen molar-refractivity contribution in [1.82, 2.24) is 0 Å². The van der Waals surface area contributed by atoms with Gasteiger partial charge in [0.1, 0.15) is 22.3 Å². The zero-order valence-corrected chi connectivity index (χ0v) is 45.3. The van der Waals surface area contributed by atoms with Gasteiger partial charge in [0, 0.05) is 54.5 Å². The molecule has 0 saturated heterocycles. The molecule has 17 rings (SSSR count). The highest BCUT2D eigenvalue weighted by Gasteiger charge is 2.49. The van der Waals surface area contributed by atoms with Crippen molar-refractivity contribution >= 4 is 83.3 Å². The molecular weight excluding hydrogens is 1030 g/mol. The topological polar surface area (TPSA) is 29.5 Å². The van der Waals surface area contributed by atoms with Gasteiger partial charge in [-0.25, -0.2) is 0 Å². The summed E-state index contributed by atoms with van der Waals surface area (Å²) in [7, 11) is 0. The molecule has 0 fully saturated rings. The van der Waals surface area contributed by atoms with E-state index in [1.165, 1.54) is 66.4 Å². The molecule has 0 atom stereocenters. The van der Waals surface area contributed by atoms with E-state index in [4.69, 9.17) is 20.4 Å². The van der Waals surface area contributed by atoms with Gasteiger partial charge in [-0.1, -0.05) is 268 Å². The molecule has 4 heteroatoms. The number of hydrogen-bond donors (Lipinski definition) is 0. The Morgan fingerprint density at radius 1 is 0.289 bits per heavy atom. The highest BCUT2D eigenvalue weighted by molar-refractivity contribution is 6.31. The van der Waals surface area contributed by atoms with Crippen molar-refractivity contribution in [3.8, 4) is 22.3 Å². The summed E-state index contributed by atoms with van der Waals surface area (Å²) in [6, 6.07) is 108. The summed E-state index contributed by atoms with van der Waals surface area (Å²) in [6.45, 7) is 0. The number of anilines is 3. The molecule has 0 N–H and O–H groups in total.